The summed E-state index contributed by atoms with van der Waals surface area (Å²) in [4.78, 5) is 14.1. The van der Waals surface area contributed by atoms with Gasteiger partial charge in [0.1, 0.15) is 0 Å². The van der Waals surface area contributed by atoms with Crippen molar-refractivity contribution in [2.75, 3.05) is 26.7 Å². The third-order valence-corrected chi connectivity index (χ3v) is 3.98. The molecule has 22 heavy (non-hydrogen) atoms. The van der Waals surface area contributed by atoms with Gasteiger partial charge >= 0.3 is 0 Å². The molecular formula is C16H27Cl2N3O. The molecule has 1 aliphatic heterocycles. The van der Waals surface area contributed by atoms with Crippen LogP contribution in [-0.4, -0.2) is 43.5 Å². The van der Waals surface area contributed by atoms with Gasteiger partial charge in [0.2, 0.25) is 5.91 Å². The van der Waals surface area contributed by atoms with Gasteiger partial charge in [-0.3, -0.25) is 9.69 Å². The molecule has 0 fully saturated rings. The molecule has 1 amide bonds. The molecule has 1 unspecified atom stereocenters. The fraction of sp³-hybridized carbons (Fsp3) is 0.562. The van der Waals surface area contributed by atoms with Crippen molar-refractivity contribution in [3.05, 3.63) is 35.4 Å². The van der Waals surface area contributed by atoms with Crippen LogP contribution in [0.1, 0.15) is 24.5 Å². The first-order chi connectivity index (χ1) is 9.70. The Balaban J connectivity index is 0.00000220. The Morgan fingerprint density at radius 2 is 1.95 bits per heavy atom. The Hall–Kier alpha value is -0.810. The number of hydrogen-bond acceptors (Lipinski definition) is 3. The zero-order chi connectivity index (χ0) is 14.4. The van der Waals surface area contributed by atoms with E-state index in [9.17, 15) is 4.79 Å². The van der Waals surface area contributed by atoms with Crippen LogP contribution in [0.2, 0.25) is 0 Å². The molecule has 0 saturated heterocycles. The van der Waals surface area contributed by atoms with E-state index in [-0.39, 0.29) is 30.7 Å². The van der Waals surface area contributed by atoms with Crippen molar-refractivity contribution in [3.8, 4) is 0 Å². The van der Waals surface area contributed by atoms with Gasteiger partial charge in [0.05, 0.1) is 0 Å². The Labute approximate surface area is 145 Å². The molecule has 1 aromatic rings. The fourth-order valence-electron chi connectivity index (χ4n) is 2.61. The first kappa shape index (κ1) is 21.2. The van der Waals surface area contributed by atoms with Crippen LogP contribution in [0.4, 0.5) is 0 Å². The third-order valence-electron chi connectivity index (χ3n) is 3.98. The summed E-state index contributed by atoms with van der Waals surface area (Å²) < 4.78 is 0. The second kappa shape index (κ2) is 10.8. The number of carbonyl (C=O) groups excluding carboxylic acids is 1. The number of amides is 1. The van der Waals surface area contributed by atoms with Crippen LogP contribution in [0.25, 0.3) is 0 Å². The SMILES string of the molecule is CNCCC(=O)NCC(C)N1CCc2ccccc2C1.Cl.Cl. The van der Waals surface area contributed by atoms with Gasteiger partial charge in [-0.2, -0.15) is 0 Å². The molecule has 2 N–H and O–H groups in total. The minimum absolute atomic E-state index is 0. The first-order valence-electron chi connectivity index (χ1n) is 7.43. The summed E-state index contributed by atoms with van der Waals surface area (Å²) >= 11 is 0. The number of carbonyl (C=O) groups is 1. The molecule has 6 heteroatoms. The predicted octanol–water partition coefficient (Wildman–Crippen LogP) is 2.00. The van der Waals surface area contributed by atoms with Gasteiger partial charge in [-0.1, -0.05) is 24.3 Å². The van der Waals surface area contributed by atoms with Crippen molar-refractivity contribution in [3.63, 3.8) is 0 Å². The van der Waals surface area contributed by atoms with Gasteiger partial charge < -0.3 is 10.6 Å². The van der Waals surface area contributed by atoms with Crippen molar-refractivity contribution in [2.24, 2.45) is 0 Å². The van der Waals surface area contributed by atoms with Crippen LogP contribution in [0.3, 0.4) is 0 Å². The number of nitrogens with one attached hydrogen (secondary N) is 2. The maximum absolute atomic E-state index is 11.6. The van der Waals surface area contributed by atoms with Crippen molar-refractivity contribution in [1.29, 1.82) is 0 Å². The third kappa shape index (κ3) is 6.13. The molecule has 0 aliphatic carbocycles. The van der Waals surface area contributed by atoms with Crippen LogP contribution >= 0.6 is 24.8 Å². The number of halogens is 2. The molecule has 1 aliphatic rings. The predicted molar refractivity (Wildman–Crippen MR) is 96.1 cm³/mol. The number of benzene rings is 1. The van der Waals surface area contributed by atoms with Crippen LogP contribution in [0, 0.1) is 0 Å². The maximum atomic E-state index is 11.6. The van der Waals surface area contributed by atoms with Gasteiger partial charge in [0.15, 0.2) is 0 Å². The molecule has 0 saturated carbocycles. The molecule has 0 aromatic heterocycles. The molecule has 1 heterocycles. The van der Waals surface area contributed by atoms with E-state index in [0.29, 0.717) is 12.5 Å². The molecule has 2 rings (SSSR count). The van der Waals surface area contributed by atoms with E-state index in [4.69, 9.17) is 0 Å². The van der Waals surface area contributed by atoms with E-state index < -0.39 is 0 Å². The molecule has 126 valence electrons. The smallest absolute Gasteiger partial charge is 0.221 e. The highest BCUT2D eigenvalue weighted by Crippen LogP contribution is 2.19. The largest absolute Gasteiger partial charge is 0.355 e. The summed E-state index contributed by atoms with van der Waals surface area (Å²) in [5, 5.41) is 6.01. The van der Waals surface area contributed by atoms with E-state index in [1.165, 1.54) is 11.1 Å². The van der Waals surface area contributed by atoms with E-state index in [0.717, 1.165) is 32.6 Å². The fourth-order valence-corrected chi connectivity index (χ4v) is 2.61. The van der Waals surface area contributed by atoms with Gasteiger partial charge in [0.25, 0.3) is 0 Å². The lowest BCUT2D eigenvalue weighted by Gasteiger charge is -2.33. The lowest BCUT2D eigenvalue weighted by Crippen LogP contribution is -2.44. The lowest BCUT2D eigenvalue weighted by atomic mass is 9.99. The normalized spacial score (nSPS) is 15.0. The highest BCUT2D eigenvalue weighted by atomic mass is 35.5. The summed E-state index contributed by atoms with van der Waals surface area (Å²) in [6.45, 7) is 5.71. The Morgan fingerprint density at radius 1 is 1.27 bits per heavy atom. The van der Waals surface area contributed by atoms with Crippen LogP contribution < -0.4 is 10.6 Å². The Morgan fingerprint density at radius 3 is 2.64 bits per heavy atom. The van der Waals surface area contributed by atoms with Crippen molar-refractivity contribution in [1.82, 2.24) is 15.5 Å². The summed E-state index contributed by atoms with van der Waals surface area (Å²) in [5.74, 6) is 0.128. The first-order valence-corrected chi connectivity index (χ1v) is 7.43. The van der Waals surface area contributed by atoms with Crippen molar-refractivity contribution >= 4 is 30.7 Å². The quantitative estimate of drug-likeness (QED) is 0.827. The van der Waals surface area contributed by atoms with Gasteiger partial charge in [-0.25, -0.2) is 0 Å². The molecular weight excluding hydrogens is 321 g/mol. The van der Waals surface area contributed by atoms with Gasteiger partial charge in [-0.05, 0) is 31.5 Å². The summed E-state index contributed by atoms with van der Waals surface area (Å²) in [5.41, 5.74) is 2.89. The van der Waals surface area contributed by atoms with Gasteiger partial charge in [-0.15, -0.1) is 24.8 Å². The van der Waals surface area contributed by atoms with Crippen LogP contribution in [0.5, 0.6) is 0 Å². The average Bonchev–Trinajstić information content (AvgIpc) is 2.50. The Kier molecular flexibility index (Phi) is 10.4. The molecule has 4 nitrogen and oxygen atoms in total. The maximum Gasteiger partial charge on any atom is 0.221 e. The average molecular weight is 348 g/mol. The lowest BCUT2D eigenvalue weighted by molar-refractivity contribution is -0.121. The molecule has 1 atom stereocenters. The number of fused-ring (bicyclic) bond motifs is 1. The minimum Gasteiger partial charge on any atom is -0.355 e. The Bertz CT molecular complexity index is 457. The van der Waals surface area contributed by atoms with E-state index >= 15 is 0 Å². The van der Waals surface area contributed by atoms with Crippen LogP contribution in [-0.2, 0) is 17.8 Å². The topological polar surface area (TPSA) is 44.4 Å². The number of nitrogens with zero attached hydrogens (tertiary/aromatic N) is 1. The number of rotatable bonds is 6. The second-order valence-corrected chi connectivity index (χ2v) is 5.50. The summed E-state index contributed by atoms with van der Waals surface area (Å²) in [6, 6.07) is 9.02. The summed E-state index contributed by atoms with van der Waals surface area (Å²) in [7, 11) is 1.86. The second-order valence-electron chi connectivity index (χ2n) is 5.50. The number of hydrogen-bond donors (Lipinski definition) is 2. The summed E-state index contributed by atoms with van der Waals surface area (Å²) in [6.07, 6.45) is 1.65. The molecule has 0 radical (unpaired) electrons. The zero-order valence-corrected chi connectivity index (χ0v) is 14.9. The monoisotopic (exact) mass is 347 g/mol. The van der Waals surface area contributed by atoms with E-state index in [1.807, 2.05) is 7.05 Å². The van der Waals surface area contributed by atoms with Crippen molar-refractivity contribution in [2.45, 2.75) is 32.4 Å². The minimum atomic E-state index is 0. The highest BCUT2D eigenvalue weighted by molar-refractivity contribution is 5.85. The highest BCUT2D eigenvalue weighted by Gasteiger charge is 2.20. The van der Waals surface area contributed by atoms with Gasteiger partial charge in [0, 0.05) is 38.6 Å². The molecule has 0 spiro atoms. The molecule has 0 bridgehead atoms. The zero-order valence-electron chi connectivity index (χ0n) is 13.3. The standard InChI is InChI=1S/C16H25N3O.2ClH/c1-13(11-18-16(20)7-9-17-2)19-10-8-14-5-3-4-6-15(14)12-19;;/h3-6,13,17H,7-12H2,1-2H3,(H,18,20);2*1H. The molecule has 1 aromatic carbocycles. The van der Waals surface area contributed by atoms with E-state index in [2.05, 4.69) is 46.7 Å². The van der Waals surface area contributed by atoms with Crippen LogP contribution in [0.15, 0.2) is 24.3 Å². The van der Waals surface area contributed by atoms with E-state index in [1.54, 1.807) is 0 Å². The van der Waals surface area contributed by atoms with Crippen molar-refractivity contribution < 1.29 is 4.79 Å².